The van der Waals surface area contributed by atoms with E-state index in [2.05, 4.69) is 9.97 Å². The van der Waals surface area contributed by atoms with Gasteiger partial charge in [0.2, 0.25) is 0 Å². The van der Waals surface area contributed by atoms with Gasteiger partial charge in [0.15, 0.2) is 0 Å². The molecule has 0 spiro atoms. The Morgan fingerprint density at radius 2 is 2.04 bits per heavy atom. The third-order valence-corrected chi connectivity index (χ3v) is 4.16. The molecule has 7 nitrogen and oxygen atoms in total. The first-order chi connectivity index (χ1) is 13.1. The van der Waals surface area contributed by atoms with Crippen molar-refractivity contribution in [3.63, 3.8) is 0 Å². The molecule has 0 unspecified atom stereocenters. The summed E-state index contributed by atoms with van der Waals surface area (Å²) in [7, 11) is 1.92. The topological polar surface area (TPSA) is 86.3 Å². The first kappa shape index (κ1) is 18.9. The first-order valence-corrected chi connectivity index (χ1v) is 8.78. The summed E-state index contributed by atoms with van der Waals surface area (Å²) < 4.78 is 7.14. The number of nitrogens with two attached hydrogens (primary N) is 1. The minimum absolute atomic E-state index is 0.207. The van der Waals surface area contributed by atoms with Crippen LogP contribution in [0.3, 0.4) is 0 Å². The number of likely N-dealkylation sites (N-methyl/N-ethyl adjacent to an activating group) is 1. The first-order valence-electron chi connectivity index (χ1n) is 8.40. The number of halogens is 1. The Bertz CT molecular complexity index is 942. The van der Waals surface area contributed by atoms with Crippen molar-refractivity contribution in [3.05, 3.63) is 76.1 Å². The van der Waals surface area contributed by atoms with Crippen LogP contribution in [-0.2, 0) is 6.61 Å². The van der Waals surface area contributed by atoms with Crippen molar-refractivity contribution in [2.75, 3.05) is 25.0 Å². The molecule has 0 aromatic carbocycles. The molecule has 2 N–H and O–H groups in total. The molecule has 3 heterocycles. The maximum Gasteiger partial charge on any atom is 0.258 e. The fourth-order valence-electron chi connectivity index (χ4n) is 2.47. The predicted molar refractivity (Wildman–Crippen MR) is 106 cm³/mol. The number of nitrogens with zero attached hydrogens (tertiary/aromatic N) is 4. The number of ether oxygens (including phenoxy) is 1. The van der Waals surface area contributed by atoms with E-state index in [-0.39, 0.29) is 12.2 Å². The van der Waals surface area contributed by atoms with Crippen LogP contribution in [0.2, 0.25) is 5.02 Å². The normalized spacial score (nSPS) is 10.6. The van der Waals surface area contributed by atoms with Gasteiger partial charge < -0.3 is 15.4 Å². The summed E-state index contributed by atoms with van der Waals surface area (Å²) in [4.78, 5) is 22.9. The third-order valence-electron chi connectivity index (χ3n) is 3.93. The standard InChI is InChI=1S/C19H20ClN5O2/c1-24(9-7-21)18-5-4-16(12-23-18)25-8-6-17(10-19(25)26)27-13-15-3-2-14(20)11-22-15/h2-6,8,10-12H,7,9,13,21H2,1H3. The monoisotopic (exact) mass is 385 g/mol. The summed E-state index contributed by atoms with van der Waals surface area (Å²) in [5.41, 5.74) is 6.75. The SMILES string of the molecule is CN(CCN)c1ccc(-n2ccc(OCc3ccc(Cl)cn3)cc2=O)cn1. The summed E-state index contributed by atoms with van der Waals surface area (Å²) in [5.74, 6) is 1.27. The number of pyridine rings is 3. The van der Waals surface area contributed by atoms with Crippen molar-refractivity contribution >= 4 is 17.4 Å². The van der Waals surface area contributed by atoms with Gasteiger partial charge in [0.25, 0.3) is 5.56 Å². The summed E-state index contributed by atoms with van der Waals surface area (Å²) in [5, 5.41) is 0.565. The molecule has 0 radical (unpaired) electrons. The molecule has 3 aromatic rings. The number of rotatable bonds is 7. The Morgan fingerprint density at radius 1 is 1.19 bits per heavy atom. The summed E-state index contributed by atoms with van der Waals surface area (Å²) in [6, 6.07) is 10.4. The van der Waals surface area contributed by atoms with Gasteiger partial charge in [-0.25, -0.2) is 4.98 Å². The van der Waals surface area contributed by atoms with E-state index in [0.717, 1.165) is 11.5 Å². The highest BCUT2D eigenvalue weighted by molar-refractivity contribution is 6.30. The number of hydrogen-bond donors (Lipinski definition) is 1. The van der Waals surface area contributed by atoms with Gasteiger partial charge in [-0.2, -0.15) is 0 Å². The van der Waals surface area contributed by atoms with Crippen LogP contribution in [0, 0.1) is 0 Å². The molecule has 0 fully saturated rings. The van der Waals surface area contributed by atoms with Gasteiger partial charge in [-0.05, 0) is 30.3 Å². The quantitative estimate of drug-likeness (QED) is 0.671. The van der Waals surface area contributed by atoms with Gasteiger partial charge in [-0.1, -0.05) is 11.6 Å². The van der Waals surface area contributed by atoms with Gasteiger partial charge in [0, 0.05) is 38.6 Å². The maximum atomic E-state index is 12.4. The lowest BCUT2D eigenvalue weighted by atomic mass is 10.3. The van der Waals surface area contributed by atoms with E-state index in [1.165, 1.54) is 10.6 Å². The molecule has 0 aliphatic rings. The van der Waals surface area contributed by atoms with E-state index in [1.54, 1.807) is 36.8 Å². The second kappa shape index (κ2) is 8.66. The van der Waals surface area contributed by atoms with Crippen molar-refractivity contribution in [2.45, 2.75) is 6.61 Å². The van der Waals surface area contributed by atoms with E-state index >= 15 is 0 Å². The zero-order valence-corrected chi connectivity index (χ0v) is 15.6. The van der Waals surface area contributed by atoms with Gasteiger partial charge in [-0.3, -0.25) is 14.3 Å². The lowest BCUT2D eigenvalue weighted by molar-refractivity contribution is 0.300. The van der Waals surface area contributed by atoms with Crippen LogP contribution in [0.1, 0.15) is 5.69 Å². The average molecular weight is 386 g/mol. The minimum Gasteiger partial charge on any atom is -0.487 e. The van der Waals surface area contributed by atoms with Crippen molar-refractivity contribution in [1.29, 1.82) is 0 Å². The molecule has 3 aromatic heterocycles. The van der Waals surface area contributed by atoms with Crippen LogP contribution in [0.15, 0.2) is 59.8 Å². The summed E-state index contributed by atoms with van der Waals surface area (Å²) in [6.45, 7) is 1.51. The van der Waals surface area contributed by atoms with E-state index in [0.29, 0.717) is 29.5 Å². The van der Waals surface area contributed by atoms with Crippen LogP contribution in [0.4, 0.5) is 5.82 Å². The minimum atomic E-state index is -0.207. The van der Waals surface area contributed by atoms with Gasteiger partial charge in [-0.15, -0.1) is 0 Å². The molecule has 0 saturated heterocycles. The van der Waals surface area contributed by atoms with E-state index < -0.39 is 0 Å². The molecule has 0 amide bonds. The average Bonchev–Trinajstić information content (AvgIpc) is 2.68. The fraction of sp³-hybridized carbons (Fsp3) is 0.211. The third kappa shape index (κ3) is 4.84. The Balaban J connectivity index is 1.70. The smallest absolute Gasteiger partial charge is 0.258 e. The maximum absolute atomic E-state index is 12.4. The zero-order chi connectivity index (χ0) is 19.2. The van der Waals surface area contributed by atoms with Crippen molar-refractivity contribution in [3.8, 4) is 11.4 Å². The lowest BCUT2D eigenvalue weighted by Crippen LogP contribution is -2.25. The van der Waals surface area contributed by atoms with E-state index in [1.807, 2.05) is 24.1 Å². The van der Waals surface area contributed by atoms with E-state index in [4.69, 9.17) is 22.1 Å². The Hall–Kier alpha value is -2.90. The number of anilines is 1. The van der Waals surface area contributed by atoms with Crippen molar-refractivity contribution in [2.24, 2.45) is 5.73 Å². The van der Waals surface area contributed by atoms with E-state index in [9.17, 15) is 4.79 Å². The molecule has 0 bridgehead atoms. The Morgan fingerprint density at radius 3 is 2.67 bits per heavy atom. The van der Waals surface area contributed by atoms with Crippen LogP contribution in [0.25, 0.3) is 5.69 Å². The molecule has 27 heavy (non-hydrogen) atoms. The zero-order valence-electron chi connectivity index (χ0n) is 14.9. The molecule has 3 rings (SSSR count). The highest BCUT2D eigenvalue weighted by atomic mass is 35.5. The molecule has 140 valence electrons. The second-order valence-electron chi connectivity index (χ2n) is 5.91. The van der Waals surface area contributed by atoms with Crippen LogP contribution in [0.5, 0.6) is 5.75 Å². The molecular weight excluding hydrogens is 366 g/mol. The molecule has 0 atom stereocenters. The molecule has 0 aliphatic heterocycles. The van der Waals surface area contributed by atoms with Crippen LogP contribution in [-0.4, -0.2) is 34.7 Å². The van der Waals surface area contributed by atoms with Gasteiger partial charge >= 0.3 is 0 Å². The van der Waals surface area contributed by atoms with Crippen LogP contribution >= 0.6 is 11.6 Å². The van der Waals surface area contributed by atoms with Gasteiger partial charge in [0.1, 0.15) is 18.2 Å². The number of aromatic nitrogens is 3. The van der Waals surface area contributed by atoms with Crippen molar-refractivity contribution in [1.82, 2.24) is 14.5 Å². The van der Waals surface area contributed by atoms with Gasteiger partial charge in [0.05, 0.1) is 22.6 Å². The lowest BCUT2D eigenvalue weighted by Gasteiger charge is -2.17. The second-order valence-corrected chi connectivity index (χ2v) is 6.35. The Kier molecular flexibility index (Phi) is 6.05. The van der Waals surface area contributed by atoms with Crippen LogP contribution < -0.4 is 20.9 Å². The molecule has 0 saturated carbocycles. The number of hydrogen-bond acceptors (Lipinski definition) is 6. The molecule has 0 aliphatic carbocycles. The largest absolute Gasteiger partial charge is 0.487 e. The summed E-state index contributed by atoms with van der Waals surface area (Å²) >= 11 is 5.81. The highest BCUT2D eigenvalue weighted by Gasteiger charge is 2.06. The van der Waals surface area contributed by atoms with Crippen molar-refractivity contribution < 1.29 is 4.74 Å². The molecule has 8 heteroatoms. The highest BCUT2D eigenvalue weighted by Crippen LogP contribution is 2.14. The predicted octanol–water partition coefficient (Wildman–Crippen LogP) is 2.25. The summed E-state index contributed by atoms with van der Waals surface area (Å²) in [6.07, 6.45) is 4.87. The Labute approximate surface area is 162 Å². The molecular formula is C19H20ClN5O2. The fourth-order valence-corrected chi connectivity index (χ4v) is 2.58.